The lowest BCUT2D eigenvalue weighted by Gasteiger charge is -2.65. The third-order valence-electron chi connectivity index (χ3n) is 7.26. The predicted octanol–water partition coefficient (Wildman–Crippen LogP) is 3.63. The van der Waals surface area contributed by atoms with Crippen molar-refractivity contribution in [1.82, 2.24) is 0 Å². The van der Waals surface area contributed by atoms with Crippen LogP contribution in [0.15, 0.2) is 24.3 Å². The first kappa shape index (κ1) is 15.3. The fourth-order valence-corrected chi connectivity index (χ4v) is 6.06. The number of hydrogen-bond donors (Lipinski definition) is 0. The number of carbonyl (C=O) groups excluding carboxylic acids is 1. The minimum absolute atomic E-state index is 0.0146. The van der Waals surface area contributed by atoms with Crippen molar-refractivity contribution >= 4 is 11.7 Å². The van der Waals surface area contributed by atoms with Crippen LogP contribution in [-0.4, -0.2) is 29.2 Å². The third kappa shape index (κ3) is 1.97. The number of nitro benzene ring substituents is 1. The fraction of sp³-hybridized carbons (Fsp3) is 0.632. The van der Waals surface area contributed by atoms with Crippen LogP contribution in [0.3, 0.4) is 0 Å². The van der Waals surface area contributed by atoms with Crippen LogP contribution in [0.2, 0.25) is 0 Å². The first-order valence-electron chi connectivity index (χ1n) is 9.14. The number of carbonyl (C=O) groups is 1. The Balaban J connectivity index is 1.33. The van der Waals surface area contributed by atoms with E-state index in [4.69, 9.17) is 9.47 Å². The monoisotopic (exact) mass is 343 g/mol. The van der Waals surface area contributed by atoms with Crippen LogP contribution in [0.5, 0.6) is 0 Å². The minimum Gasteiger partial charge on any atom is -0.456 e. The summed E-state index contributed by atoms with van der Waals surface area (Å²) < 4.78 is 12.1. The molecule has 5 rings (SSSR count). The van der Waals surface area contributed by atoms with Crippen molar-refractivity contribution in [3.05, 3.63) is 39.9 Å². The molecule has 0 unspecified atom stereocenters. The molecule has 0 aromatic heterocycles. The number of benzene rings is 1. The van der Waals surface area contributed by atoms with Crippen LogP contribution in [0.25, 0.3) is 0 Å². The molecule has 4 fully saturated rings. The smallest absolute Gasteiger partial charge is 0.338 e. The van der Waals surface area contributed by atoms with Gasteiger partial charge in [0.2, 0.25) is 0 Å². The summed E-state index contributed by atoms with van der Waals surface area (Å²) in [6, 6.07) is 5.60. The molecule has 3 aliphatic carbocycles. The van der Waals surface area contributed by atoms with Gasteiger partial charge in [-0.2, -0.15) is 0 Å². The van der Waals surface area contributed by atoms with Crippen molar-refractivity contribution in [3.63, 3.8) is 0 Å². The van der Waals surface area contributed by atoms with Crippen LogP contribution < -0.4 is 0 Å². The van der Waals surface area contributed by atoms with Gasteiger partial charge in [0, 0.05) is 17.5 Å². The number of nitrogens with zero attached hydrogens (tertiary/aromatic N) is 1. The number of esters is 1. The minimum atomic E-state index is -0.475. The SMILES string of the molecule is O=C(O[C@H]1C[C@]23CCCC[C@@]24C[C@@H]1O[C@@H]4C3)c1ccc([N+](=O)[O-])cc1. The van der Waals surface area contributed by atoms with Gasteiger partial charge in [-0.3, -0.25) is 10.1 Å². The largest absolute Gasteiger partial charge is 0.456 e. The maximum absolute atomic E-state index is 12.5. The second-order valence-corrected chi connectivity index (χ2v) is 8.17. The molecule has 1 aliphatic heterocycles. The molecule has 25 heavy (non-hydrogen) atoms. The van der Waals surface area contributed by atoms with Gasteiger partial charge in [-0.1, -0.05) is 12.8 Å². The van der Waals surface area contributed by atoms with Crippen molar-refractivity contribution < 1.29 is 19.2 Å². The van der Waals surface area contributed by atoms with E-state index in [0.29, 0.717) is 22.5 Å². The summed E-state index contributed by atoms with van der Waals surface area (Å²) in [5.41, 5.74) is 0.990. The summed E-state index contributed by atoms with van der Waals surface area (Å²) in [6.45, 7) is 0. The zero-order chi connectivity index (χ0) is 17.2. The molecule has 3 saturated carbocycles. The van der Waals surface area contributed by atoms with Gasteiger partial charge in [0.15, 0.2) is 0 Å². The second-order valence-electron chi connectivity index (χ2n) is 8.17. The van der Waals surface area contributed by atoms with Crippen LogP contribution in [-0.2, 0) is 9.47 Å². The summed E-state index contributed by atoms with van der Waals surface area (Å²) >= 11 is 0. The van der Waals surface area contributed by atoms with E-state index in [-0.39, 0.29) is 17.9 Å². The Labute approximate surface area is 145 Å². The number of nitro groups is 1. The van der Waals surface area contributed by atoms with Crippen LogP contribution in [0, 0.1) is 20.9 Å². The van der Waals surface area contributed by atoms with Gasteiger partial charge in [-0.15, -0.1) is 0 Å². The van der Waals surface area contributed by atoms with E-state index in [1.54, 1.807) is 0 Å². The molecule has 132 valence electrons. The Kier molecular flexibility index (Phi) is 3.08. The zero-order valence-electron chi connectivity index (χ0n) is 14.0. The number of rotatable bonds is 3. The predicted molar refractivity (Wildman–Crippen MR) is 88.1 cm³/mol. The van der Waals surface area contributed by atoms with Gasteiger partial charge < -0.3 is 9.47 Å². The normalized spacial score (nSPS) is 40.7. The molecule has 6 heteroatoms. The molecule has 5 atom stereocenters. The average molecular weight is 343 g/mol. The van der Waals surface area contributed by atoms with E-state index in [2.05, 4.69) is 0 Å². The maximum Gasteiger partial charge on any atom is 0.338 e. The molecule has 0 radical (unpaired) electrons. The molecule has 1 aromatic rings. The lowest BCUT2D eigenvalue weighted by Crippen LogP contribution is -2.63. The van der Waals surface area contributed by atoms with E-state index < -0.39 is 10.9 Å². The summed E-state index contributed by atoms with van der Waals surface area (Å²) in [5.74, 6) is -0.410. The highest BCUT2D eigenvalue weighted by molar-refractivity contribution is 5.89. The summed E-state index contributed by atoms with van der Waals surface area (Å²) in [6.07, 6.45) is 8.28. The van der Waals surface area contributed by atoms with Crippen molar-refractivity contribution in [1.29, 1.82) is 0 Å². The molecular formula is C19H21NO5. The van der Waals surface area contributed by atoms with E-state index in [1.165, 1.54) is 49.9 Å². The Bertz CT molecular complexity index is 747. The molecule has 1 spiro atoms. The quantitative estimate of drug-likeness (QED) is 0.476. The van der Waals surface area contributed by atoms with E-state index in [9.17, 15) is 14.9 Å². The Morgan fingerprint density at radius 1 is 1.16 bits per heavy atom. The van der Waals surface area contributed by atoms with Crippen molar-refractivity contribution in [2.45, 2.75) is 63.3 Å². The standard InChI is InChI=1S/C19H21NO5/c21-17(12-3-5-13(6-4-12)20(22)23)25-14-9-18-7-1-2-8-19(18)10-15(14)24-16(19)11-18/h3-6,14-16H,1-2,7-11H2/t14-,15-,16+,18-,19-/m0/s1. The first-order valence-corrected chi connectivity index (χ1v) is 9.14. The summed E-state index contributed by atoms with van der Waals surface area (Å²) in [4.78, 5) is 22.8. The number of ether oxygens (including phenoxy) is 2. The Hall–Kier alpha value is -1.95. The molecule has 4 aliphatic rings. The molecular weight excluding hydrogens is 322 g/mol. The van der Waals surface area contributed by atoms with Gasteiger partial charge in [-0.05, 0) is 49.7 Å². The number of hydrogen-bond acceptors (Lipinski definition) is 5. The van der Waals surface area contributed by atoms with Crippen molar-refractivity contribution in [3.8, 4) is 0 Å². The van der Waals surface area contributed by atoms with Crippen LogP contribution in [0.1, 0.15) is 55.3 Å². The Morgan fingerprint density at radius 3 is 2.68 bits per heavy atom. The van der Waals surface area contributed by atoms with Crippen molar-refractivity contribution in [2.24, 2.45) is 10.8 Å². The topological polar surface area (TPSA) is 78.7 Å². The van der Waals surface area contributed by atoms with Crippen LogP contribution >= 0.6 is 0 Å². The number of non-ortho nitro benzene ring substituents is 1. The third-order valence-corrected chi connectivity index (χ3v) is 7.26. The summed E-state index contributed by atoms with van der Waals surface area (Å²) in [5, 5.41) is 10.7. The fourth-order valence-electron chi connectivity index (χ4n) is 6.06. The van der Waals surface area contributed by atoms with Crippen molar-refractivity contribution in [2.75, 3.05) is 0 Å². The van der Waals surface area contributed by atoms with Gasteiger partial charge >= 0.3 is 5.97 Å². The van der Waals surface area contributed by atoms with Gasteiger partial charge in [0.1, 0.15) is 6.10 Å². The molecule has 1 aromatic carbocycles. The van der Waals surface area contributed by atoms with E-state index in [0.717, 1.165) is 19.3 Å². The van der Waals surface area contributed by atoms with E-state index in [1.807, 2.05) is 0 Å². The highest BCUT2D eigenvalue weighted by atomic mass is 16.6. The maximum atomic E-state index is 12.5. The molecule has 1 heterocycles. The lowest BCUT2D eigenvalue weighted by atomic mass is 9.39. The summed E-state index contributed by atoms with van der Waals surface area (Å²) in [7, 11) is 0. The van der Waals surface area contributed by atoms with Gasteiger partial charge in [0.25, 0.3) is 5.69 Å². The van der Waals surface area contributed by atoms with Gasteiger partial charge in [0.05, 0.1) is 22.7 Å². The number of fused-ring (bicyclic) bond motifs is 1. The first-order chi connectivity index (χ1) is 12.0. The molecule has 0 N–H and O–H groups in total. The highest BCUT2D eigenvalue weighted by Crippen LogP contribution is 2.75. The lowest BCUT2D eigenvalue weighted by molar-refractivity contribution is -0.384. The Morgan fingerprint density at radius 2 is 1.92 bits per heavy atom. The molecule has 1 saturated heterocycles. The average Bonchev–Trinajstić information content (AvgIpc) is 2.75. The highest BCUT2D eigenvalue weighted by Gasteiger charge is 2.74. The zero-order valence-corrected chi connectivity index (χ0v) is 14.0. The molecule has 6 nitrogen and oxygen atoms in total. The van der Waals surface area contributed by atoms with Crippen LogP contribution in [0.4, 0.5) is 5.69 Å². The second kappa shape index (κ2) is 5.04. The van der Waals surface area contributed by atoms with E-state index >= 15 is 0 Å². The molecule has 0 amide bonds. The van der Waals surface area contributed by atoms with Gasteiger partial charge in [-0.25, -0.2) is 4.79 Å². The molecule has 2 bridgehead atoms.